The summed E-state index contributed by atoms with van der Waals surface area (Å²) < 4.78 is 0. The zero-order valence-corrected chi connectivity index (χ0v) is 11.1. The van der Waals surface area contributed by atoms with E-state index in [9.17, 15) is 10.1 Å². The number of nitro benzene ring substituents is 1. The van der Waals surface area contributed by atoms with Crippen LogP contribution in [0.2, 0.25) is 0 Å². The summed E-state index contributed by atoms with van der Waals surface area (Å²) >= 11 is 1.73. The summed E-state index contributed by atoms with van der Waals surface area (Å²) in [4.78, 5) is 11.3. The average molecular weight is 274 g/mol. The molecule has 0 aliphatic carbocycles. The maximum absolute atomic E-state index is 10.5. The van der Waals surface area contributed by atoms with Gasteiger partial charge in [0.05, 0.1) is 4.92 Å². The molecule has 5 heteroatoms. The number of hydrogen-bond donors (Lipinski definition) is 1. The Hall–Kier alpha value is -2.01. The first-order valence-corrected chi connectivity index (χ1v) is 6.85. The SMILES string of the molecule is Nc1cccc(SCCc2ccc([N+](=O)[O-])cc2)c1. The fourth-order valence-corrected chi connectivity index (χ4v) is 2.64. The average Bonchev–Trinajstić information content (AvgIpc) is 2.39. The molecular weight excluding hydrogens is 260 g/mol. The van der Waals surface area contributed by atoms with E-state index >= 15 is 0 Å². The maximum atomic E-state index is 10.5. The first-order chi connectivity index (χ1) is 9.15. The van der Waals surface area contributed by atoms with E-state index in [0.717, 1.165) is 28.3 Å². The Balaban J connectivity index is 1.87. The fourth-order valence-electron chi connectivity index (χ4n) is 1.68. The van der Waals surface area contributed by atoms with Crippen molar-refractivity contribution >= 4 is 23.1 Å². The van der Waals surface area contributed by atoms with Gasteiger partial charge in [-0.25, -0.2) is 0 Å². The summed E-state index contributed by atoms with van der Waals surface area (Å²) in [6.07, 6.45) is 0.872. The van der Waals surface area contributed by atoms with Gasteiger partial charge in [0, 0.05) is 28.5 Å². The van der Waals surface area contributed by atoms with Gasteiger partial charge < -0.3 is 5.73 Å². The molecule has 0 fully saturated rings. The van der Waals surface area contributed by atoms with Crippen molar-refractivity contribution in [2.24, 2.45) is 0 Å². The van der Waals surface area contributed by atoms with Gasteiger partial charge in [0.15, 0.2) is 0 Å². The Bertz CT molecular complexity index is 570. The van der Waals surface area contributed by atoms with Crippen LogP contribution in [0.1, 0.15) is 5.56 Å². The van der Waals surface area contributed by atoms with Gasteiger partial charge in [-0.2, -0.15) is 0 Å². The van der Waals surface area contributed by atoms with Crippen molar-refractivity contribution in [3.05, 3.63) is 64.2 Å². The molecular formula is C14H14N2O2S. The molecule has 0 spiro atoms. The Morgan fingerprint density at radius 2 is 1.89 bits per heavy atom. The topological polar surface area (TPSA) is 69.2 Å². The van der Waals surface area contributed by atoms with Crippen LogP contribution in [-0.2, 0) is 6.42 Å². The molecule has 2 N–H and O–H groups in total. The molecule has 19 heavy (non-hydrogen) atoms. The van der Waals surface area contributed by atoms with Crippen LogP contribution < -0.4 is 5.73 Å². The number of benzene rings is 2. The standard InChI is InChI=1S/C14H14N2O2S/c15-12-2-1-3-14(10-12)19-9-8-11-4-6-13(7-5-11)16(17)18/h1-7,10H,8-9,15H2. The van der Waals surface area contributed by atoms with Crippen LogP contribution in [0.15, 0.2) is 53.4 Å². The second kappa shape index (κ2) is 6.24. The van der Waals surface area contributed by atoms with E-state index in [-0.39, 0.29) is 10.6 Å². The van der Waals surface area contributed by atoms with Crippen molar-refractivity contribution in [2.45, 2.75) is 11.3 Å². The number of thioether (sulfide) groups is 1. The number of rotatable bonds is 5. The second-order valence-electron chi connectivity index (χ2n) is 4.09. The van der Waals surface area contributed by atoms with E-state index < -0.39 is 0 Å². The predicted molar refractivity (Wildman–Crippen MR) is 78.4 cm³/mol. The molecule has 0 bridgehead atoms. The van der Waals surface area contributed by atoms with Gasteiger partial charge in [-0.3, -0.25) is 10.1 Å². The molecule has 0 radical (unpaired) electrons. The molecule has 2 rings (SSSR count). The molecule has 0 saturated carbocycles. The molecule has 0 aliphatic rings. The largest absolute Gasteiger partial charge is 0.399 e. The van der Waals surface area contributed by atoms with Crippen LogP contribution in [0.25, 0.3) is 0 Å². The third-order valence-electron chi connectivity index (χ3n) is 2.66. The first kappa shape index (κ1) is 13.4. The molecule has 2 aromatic carbocycles. The number of nitrogens with zero attached hydrogens (tertiary/aromatic N) is 1. The second-order valence-corrected chi connectivity index (χ2v) is 5.26. The lowest BCUT2D eigenvalue weighted by molar-refractivity contribution is -0.384. The molecule has 4 nitrogen and oxygen atoms in total. The van der Waals surface area contributed by atoms with Crippen LogP contribution in [-0.4, -0.2) is 10.7 Å². The fraction of sp³-hybridized carbons (Fsp3) is 0.143. The molecule has 0 aliphatic heterocycles. The van der Waals surface area contributed by atoms with Gasteiger partial charge in [0.1, 0.15) is 0 Å². The maximum Gasteiger partial charge on any atom is 0.269 e. The molecule has 0 saturated heterocycles. The number of nitrogens with two attached hydrogens (primary N) is 1. The van der Waals surface area contributed by atoms with E-state index in [2.05, 4.69) is 0 Å². The van der Waals surface area contributed by atoms with Crippen LogP contribution in [0.5, 0.6) is 0 Å². The monoisotopic (exact) mass is 274 g/mol. The highest BCUT2D eigenvalue weighted by Crippen LogP contribution is 2.21. The molecule has 0 aromatic heterocycles. The Morgan fingerprint density at radius 1 is 1.16 bits per heavy atom. The van der Waals surface area contributed by atoms with Crippen molar-refractivity contribution in [1.29, 1.82) is 0 Å². The van der Waals surface area contributed by atoms with Crippen LogP contribution in [0.4, 0.5) is 11.4 Å². The zero-order valence-electron chi connectivity index (χ0n) is 10.3. The van der Waals surface area contributed by atoms with Gasteiger partial charge in [0.25, 0.3) is 5.69 Å². The minimum Gasteiger partial charge on any atom is -0.399 e. The summed E-state index contributed by atoms with van der Waals surface area (Å²) in [6, 6.07) is 14.5. The highest BCUT2D eigenvalue weighted by atomic mass is 32.2. The van der Waals surface area contributed by atoms with Crippen molar-refractivity contribution in [3.63, 3.8) is 0 Å². The van der Waals surface area contributed by atoms with Crippen molar-refractivity contribution in [2.75, 3.05) is 11.5 Å². The summed E-state index contributed by atoms with van der Waals surface area (Å²) in [5, 5.41) is 10.5. The van der Waals surface area contributed by atoms with Crippen molar-refractivity contribution < 1.29 is 4.92 Å². The molecule has 2 aromatic rings. The Labute approximate surface area is 115 Å². The highest BCUT2D eigenvalue weighted by molar-refractivity contribution is 7.99. The zero-order chi connectivity index (χ0) is 13.7. The van der Waals surface area contributed by atoms with E-state index in [1.54, 1.807) is 36.0 Å². The van der Waals surface area contributed by atoms with Crippen LogP contribution >= 0.6 is 11.8 Å². The van der Waals surface area contributed by atoms with Gasteiger partial charge in [-0.05, 0) is 30.2 Å². The summed E-state index contributed by atoms with van der Waals surface area (Å²) in [7, 11) is 0. The van der Waals surface area contributed by atoms with Crippen molar-refractivity contribution in [1.82, 2.24) is 0 Å². The molecule has 98 valence electrons. The summed E-state index contributed by atoms with van der Waals surface area (Å²) in [5.41, 5.74) is 7.70. The number of nitrogen functional groups attached to an aromatic ring is 1. The van der Waals surface area contributed by atoms with Gasteiger partial charge >= 0.3 is 0 Å². The molecule has 0 amide bonds. The summed E-state index contributed by atoms with van der Waals surface area (Å²) in [6.45, 7) is 0. The van der Waals surface area contributed by atoms with Crippen LogP contribution in [0.3, 0.4) is 0 Å². The predicted octanol–water partition coefficient (Wildman–Crippen LogP) is 3.51. The number of non-ortho nitro benzene ring substituents is 1. The lowest BCUT2D eigenvalue weighted by Crippen LogP contribution is -1.91. The summed E-state index contributed by atoms with van der Waals surface area (Å²) in [5.74, 6) is 0.918. The number of aryl methyl sites for hydroxylation is 1. The Morgan fingerprint density at radius 3 is 2.53 bits per heavy atom. The minimum absolute atomic E-state index is 0.132. The van der Waals surface area contributed by atoms with Gasteiger partial charge in [-0.1, -0.05) is 18.2 Å². The molecule has 0 atom stereocenters. The molecule has 0 unspecified atom stereocenters. The lowest BCUT2D eigenvalue weighted by Gasteiger charge is -2.03. The van der Waals surface area contributed by atoms with E-state index in [4.69, 9.17) is 5.73 Å². The van der Waals surface area contributed by atoms with Gasteiger partial charge in [0.2, 0.25) is 0 Å². The third-order valence-corrected chi connectivity index (χ3v) is 3.66. The minimum atomic E-state index is -0.384. The van der Waals surface area contributed by atoms with E-state index in [0.29, 0.717) is 0 Å². The third kappa shape index (κ3) is 3.99. The number of hydrogen-bond acceptors (Lipinski definition) is 4. The van der Waals surface area contributed by atoms with E-state index in [1.165, 1.54) is 0 Å². The smallest absolute Gasteiger partial charge is 0.269 e. The normalized spacial score (nSPS) is 10.3. The van der Waals surface area contributed by atoms with E-state index in [1.807, 2.05) is 24.3 Å². The Kier molecular flexibility index (Phi) is 4.41. The quantitative estimate of drug-likeness (QED) is 0.392. The van der Waals surface area contributed by atoms with Crippen LogP contribution in [0, 0.1) is 10.1 Å². The molecule has 0 heterocycles. The number of nitro groups is 1. The number of anilines is 1. The van der Waals surface area contributed by atoms with Gasteiger partial charge in [-0.15, -0.1) is 11.8 Å². The first-order valence-electron chi connectivity index (χ1n) is 5.87. The lowest BCUT2D eigenvalue weighted by atomic mass is 10.1. The highest BCUT2D eigenvalue weighted by Gasteiger charge is 2.03. The van der Waals surface area contributed by atoms with Crippen molar-refractivity contribution in [3.8, 4) is 0 Å².